The molecule has 0 heterocycles. The maximum absolute atomic E-state index is 15.1. The van der Waals surface area contributed by atoms with Gasteiger partial charge in [-0.2, -0.15) is 0 Å². The Labute approximate surface area is 255 Å². The van der Waals surface area contributed by atoms with E-state index in [0.717, 1.165) is 28.1 Å². The van der Waals surface area contributed by atoms with Crippen LogP contribution in [0, 0.1) is 11.6 Å². The molecule has 0 aromatic heterocycles. The molecule has 0 saturated carbocycles. The van der Waals surface area contributed by atoms with Crippen LogP contribution in [0.3, 0.4) is 0 Å². The van der Waals surface area contributed by atoms with Gasteiger partial charge in [-0.05, 0) is 73.9 Å². The topological polar surface area (TPSA) is 75.7 Å². The third-order valence-corrected chi connectivity index (χ3v) is 8.74. The fourth-order valence-electron chi connectivity index (χ4n) is 4.42. The summed E-state index contributed by atoms with van der Waals surface area (Å²) >= 11 is 5.96. The number of rotatable bonds is 13. The molecule has 0 aliphatic rings. The summed E-state index contributed by atoms with van der Waals surface area (Å²) in [5, 5.41) is 3.16. The van der Waals surface area contributed by atoms with Crippen molar-refractivity contribution in [1.82, 2.24) is 5.32 Å². The highest BCUT2D eigenvalue weighted by atomic mass is 35.5. The number of benzene rings is 4. The Morgan fingerprint density at radius 2 is 1.65 bits per heavy atom. The van der Waals surface area contributed by atoms with Gasteiger partial charge in [-0.1, -0.05) is 60.1 Å². The normalized spacial score (nSPS) is 12.2. The van der Waals surface area contributed by atoms with Gasteiger partial charge in [-0.15, -0.1) is 0 Å². The molecule has 0 saturated heterocycles. The molecule has 0 bridgehead atoms. The number of sulfonamides is 1. The predicted octanol–water partition coefficient (Wildman–Crippen LogP) is 7.56. The van der Waals surface area contributed by atoms with Crippen molar-refractivity contribution in [3.05, 3.63) is 131 Å². The highest BCUT2D eigenvalue weighted by Crippen LogP contribution is 2.38. The summed E-state index contributed by atoms with van der Waals surface area (Å²) in [6, 6.07) is 23.5. The SMILES string of the molecule is CC(c1ccccc1OCCCCNC(=O)/C=C\c1ccccc1)N(c1cc(F)ccc1F)S(=O)(=O)c1ccc(Cl)cc1. The average Bonchev–Trinajstić information content (AvgIpc) is 3.00. The maximum atomic E-state index is 15.1. The molecule has 4 aromatic rings. The number of halogens is 3. The zero-order chi connectivity index (χ0) is 30.8. The number of unbranched alkanes of at least 4 members (excludes halogenated alkanes) is 1. The van der Waals surface area contributed by atoms with Crippen LogP contribution in [-0.4, -0.2) is 27.5 Å². The fourth-order valence-corrected chi connectivity index (χ4v) is 6.18. The van der Waals surface area contributed by atoms with E-state index in [1.54, 1.807) is 37.3 Å². The first-order valence-corrected chi connectivity index (χ1v) is 15.5. The number of carbonyl (C=O) groups excluding carboxylic acids is 1. The molecule has 0 aliphatic carbocycles. The maximum Gasteiger partial charge on any atom is 0.264 e. The number of para-hydroxylation sites is 1. The molecule has 6 nitrogen and oxygen atoms in total. The van der Waals surface area contributed by atoms with E-state index in [2.05, 4.69) is 5.32 Å². The van der Waals surface area contributed by atoms with Crippen LogP contribution in [0.15, 0.2) is 108 Å². The third-order valence-electron chi connectivity index (χ3n) is 6.59. The molecule has 4 aromatic carbocycles. The van der Waals surface area contributed by atoms with Gasteiger partial charge in [0.2, 0.25) is 5.91 Å². The number of anilines is 1. The Morgan fingerprint density at radius 1 is 0.953 bits per heavy atom. The number of nitrogens with one attached hydrogen (secondary N) is 1. The van der Waals surface area contributed by atoms with Gasteiger partial charge in [0.05, 0.1) is 23.2 Å². The largest absolute Gasteiger partial charge is 0.493 e. The van der Waals surface area contributed by atoms with Gasteiger partial charge in [0, 0.05) is 29.3 Å². The van der Waals surface area contributed by atoms with Crippen molar-refractivity contribution in [2.75, 3.05) is 17.5 Å². The lowest BCUT2D eigenvalue weighted by atomic mass is 10.1. The molecular weight excluding hydrogens is 594 g/mol. The number of hydrogen-bond donors (Lipinski definition) is 1. The molecule has 224 valence electrons. The first kappa shape index (κ1) is 31.7. The van der Waals surface area contributed by atoms with E-state index in [9.17, 15) is 17.6 Å². The van der Waals surface area contributed by atoms with Gasteiger partial charge in [0.25, 0.3) is 10.0 Å². The molecule has 0 aliphatic heterocycles. The van der Waals surface area contributed by atoms with E-state index in [0.29, 0.717) is 35.7 Å². The summed E-state index contributed by atoms with van der Waals surface area (Å²) in [5.74, 6) is -1.48. The third kappa shape index (κ3) is 8.43. The van der Waals surface area contributed by atoms with Crippen molar-refractivity contribution in [3.8, 4) is 5.75 Å². The molecule has 0 fully saturated rings. The van der Waals surface area contributed by atoms with E-state index in [4.69, 9.17) is 16.3 Å². The lowest BCUT2D eigenvalue weighted by Crippen LogP contribution is -2.34. The van der Waals surface area contributed by atoms with Crippen molar-refractivity contribution in [2.45, 2.75) is 30.7 Å². The van der Waals surface area contributed by atoms with Crippen LogP contribution in [0.2, 0.25) is 5.02 Å². The highest BCUT2D eigenvalue weighted by molar-refractivity contribution is 7.92. The molecule has 1 N–H and O–H groups in total. The van der Waals surface area contributed by atoms with Crippen molar-refractivity contribution < 1.29 is 26.7 Å². The van der Waals surface area contributed by atoms with Crippen molar-refractivity contribution in [3.63, 3.8) is 0 Å². The summed E-state index contributed by atoms with van der Waals surface area (Å²) in [4.78, 5) is 11.9. The zero-order valence-electron chi connectivity index (χ0n) is 23.4. The first-order chi connectivity index (χ1) is 20.7. The van der Waals surface area contributed by atoms with Crippen LogP contribution in [0.1, 0.15) is 36.9 Å². The second kappa shape index (κ2) is 14.8. The molecule has 1 unspecified atom stereocenters. The van der Waals surface area contributed by atoms with Crippen LogP contribution in [-0.2, 0) is 14.8 Å². The summed E-state index contributed by atoms with van der Waals surface area (Å²) < 4.78 is 63.9. The van der Waals surface area contributed by atoms with E-state index < -0.39 is 33.4 Å². The molecule has 43 heavy (non-hydrogen) atoms. The Bertz CT molecular complexity index is 1670. The predicted molar refractivity (Wildman–Crippen MR) is 166 cm³/mol. The molecule has 4 rings (SSSR count). The number of amides is 1. The smallest absolute Gasteiger partial charge is 0.264 e. The Balaban J connectivity index is 1.46. The van der Waals surface area contributed by atoms with Crippen molar-refractivity contribution >= 4 is 39.3 Å². The first-order valence-electron chi connectivity index (χ1n) is 13.6. The lowest BCUT2D eigenvalue weighted by Gasteiger charge is -2.32. The second-order valence-electron chi connectivity index (χ2n) is 9.65. The number of hydrogen-bond acceptors (Lipinski definition) is 4. The minimum Gasteiger partial charge on any atom is -0.493 e. The Morgan fingerprint density at radius 3 is 2.40 bits per heavy atom. The van der Waals surface area contributed by atoms with Gasteiger partial charge in [-0.25, -0.2) is 17.2 Å². The minimum atomic E-state index is -4.37. The number of carbonyl (C=O) groups is 1. The second-order valence-corrected chi connectivity index (χ2v) is 11.9. The van der Waals surface area contributed by atoms with Gasteiger partial charge in [-0.3, -0.25) is 9.10 Å². The molecular formula is C33H31ClF2N2O4S. The average molecular weight is 625 g/mol. The Hall–Kier alpha value is -4.21. The quantitative estimate of drug-likeness (QED) is 0.123. The molecule has 1 amide bonds. The fraction of sp³-hybridized carbons (Fsp3) is 0.182. The minimum absolute atomic E-state index is 0.133. The van der Waals surface area contributed by atoms with Gasteiger partial charge in [0.15, 0.2) is 0 Å². The van der Waals surface area contributed by atoms with Crippen LogP contribution in [0.5, 0.6) is 5.75 Å². The van der Waals surface area contributed by atoms with E-state index >= 15 is 4.39 Å². The summed E-state index contributed by atoms with van der Waals surface area (Å²) in [7, 11) is -4.37. The van der Waals surface area contributed by atoms with Crippen molar-refractivity contribution in [2.24, 2.45) is 0 Å². The van der Waals surface area contributed by atoms with Crippen molar-refractivity contribution in [1.29, 1.82) is 0 Å². The van der Waals surface area contributed by atoms with E-state index in [1.807, 2.05) is 30.3 Å². The monoisotopic (exact) mass is 624 g/mol. The standard InChI is InChI=1S/C33H31ClF2N2O4S/c1-24(38(31-23-27(35)16-19-30(31)36)43(40,41)28-17-14-26(34)15-18-28)29-11-5-6-12-32(29)42-22-8-7-21-37-33(39)20-13-25-9-3-2-4-10-25/h2-6,9-20,23-24H,7-8,21-22H2,1H3,(H,37,39)/b20-13-. The number of nitrogens with zero attached hydrogens (tertiary/aromatic N) is 1. The van der Waals surface area contributed by atoms with Gasteiger partial charge >= 0.3 is 0 Å². The summed E-state index contributed by atoms with van der Waals surface area (Å²) in [6.07, 6.45) is 4.47. The summed E-state index contributed by atoms with van der Waals surface area (Å²) in [6.45, 7) is 2.32. The lowest BCUT2D eigenvalue weighted by molar-refractivity contribution is -0.116. The summed E-state index contributed by atoms with van der Waals surface area (Å²) in [5.41, 5.74) is 0.955. The molecule has 0 radical (unpaired) electrons. The van der Waals surface area contributed by atoms with Crippen LogP contribution >= 0.6 is 11.6 Å². The molecule has 1 atom stereocenters. The van der Waals surface area contributed by atoms with Crippen LogP contribution in [0.25, 0.3) is 6.08 Å². The molecule has 10 heteroatoms. The van der Waals surface area contributed by atoms with E-state index in [1.165, 1.54) is 30.3 Å². The van der Waals surface area contributed by atoms with Crippen LogP contribution < -0.4 is 14.4 Å². The Kier molecular flexibility index (Phi) is 10.9. The van der Waals surface area contributed by atoms with E-state index in [-0.39, 0.29) is 17.4 Å². The zero-order valence-corrected chi connectivity index (χ0v) is 25.0. The molecule has 0 spiro atoms. The number of ether oxygens (including phenoxy) is 1. The van der Waals surface area contributed by atoms with Gasteiger partial charge in [0.1, 0.15) is 17.4 Å². The van der Waals surface area contributed by atoms with Crippen LogP contribution in [0.4, 0.5) is 14.5 Å². The van der Waals surface area contributed by atoms with Gasteiger partial charge < -0.3 is 10.1 Å². The highest BCUT2D eigenvalue weighted by Gasteiger charge is 2.34.